The molecule has 0 aliphatic carbocycles. The normalized spacial score (nSPS) is 10.7. The van der Waals surface area contributed by atoms with Gasteiger partial charge in [-0.2, -0.15) is 0 Å². The van der Waals surface area contributed by atoms with E-state index in [1.54, 1.807) is 0 Å². The van der Waals surface area contributed by atoms with Crippen molar-refractivity contribution in [1.29, 1.82) is 0 Å². The number of nitrogen functional groups attached to an aromatic ring is 1. The summed E-state index contributed by atoms with van der Waals surface area (Å²) >= 11 is 0. The molecule has 0 saturated carbocycles. The Morgan fingerprint density at radius 2 is 1.85 bits per heavy atom. The number of nitrogens with one attached hydrogen (secondary N) is 1. The molecule has 0 aliphatic heterocycles. The summed E-state index contributed by atoms with van der Waals surface area (Å²) in [5.41, 5.74) is 11.2. The van der Waals surface area contributed by atoms with Crippen molar-refractivity contribution in [3.63, 3.8) is 0 Å². The molecule has 0 fully saturated rings. The highest BCUT2D eigenvalue weighted by molar-refractivity contribution is 5.68. The van der Waals surface area contributed by atoms with Crippen LogP contribution in [0, 0.1) is 13.8 Å². The molecule has 0 radical (unpaired) electrons. The molecule has 2 aromatic carbocycles. The second-order valence-corrected chi connectivity index (χ2v) is 5.33. The molecule has 106 valence electrons. The van der Waals surface area contributed by atoms with Crippen molar-refractivity contribution in [1.82, 2.24) is 0 Å². The minimum atomic E-state index is 0.130. The lowest BCUT2D eigenvalue weighted by Gasteiger charge is -2.15. The van der Waals surface area contributed by atoms with E-state index in [0.29, 0.717) is 5.69 Å². The van der Waals surface area contributed by atoms with E-state index in [0.717, 1.165) is 17.1 Å². The summed E-state index contributed by atoms with van der Waals surface area (Å²) in [6, 6.07) is 11.9. The Morgan fingerprint density at radius 3 is 2.55 bits per heavy atom. The van der Waals surface area contributed by atoms with Gasteiger partial charge in [0, 0.05) is 29.2 Å². The van der Waals surface area contributed by atoms with Crippen LogP contribution in [0.3, 0.4) is 0 Å². The number of hydrogen-bond acceptors (Lipinski definition) is 3. The van der Waals surface area contributed by atoms with E-state index >= 15 is 0 Å². The van der Waals surface area contributed by atoms with E-state index < -0.39 is 0 Å². The van der Waals surface area contributed by atoms with Crippen LogP contribution < -0.4 is 15.8 Å². The first-order valence-corrected chi connectivity index (χ1v) is 6.86. The maximum absolute atomic E-state index is 5.94. The third-order valence-electron chi connectivity index (χ3n) is 3.18. The predicted octanol–water partition coefficient (Wildman–Crippen LogP) is 4.42. The molecule has 2 rings (SSSR count). The molecule has 0 atom stereocenters. The maximum atomic E-state index is 5.94. The van der Waals surface area contributed by atoms with Gasteiger partial charge in [0.2, 0.25) is 0 Å². The summed E-state index contributed by atoms with van der Waals surface area (Å²) in [6.07, 6.45) is 0.130. The van der Waals surface area contributed by atoms with Crippen molar-refractivity contribution >= 4 is 17.1 Å². The van der Waals surface area contributed by atoms with Crippen LogP contribution >= 0.6 is 0 Å². The van der Waals surface area contributed by atoms with Crippen LogP contribution in [0.15, 0.2) is 36.4 Å². The highest BCUT2D eigenvalue weighted by Crippen LogP contribution is 2.28. The van der Waals surface area contributed by atoms with Gasteiger partial charge in [-0.15, -0.1) is 0 Å². The molecule has 3 nitrogen and oxygen atoms in total. The maximum Gasteiger partial charge on any atom is 0.123 e. The van der Waals surface area contributed by atoms with Crippen LogP contribution in [0.1, 0.15) is 25.0 Å². The zero-order valence-corrected chi connectivity index (χ0v) is 12.5. The van der Waals surface area contributed by atoms with Crippen molar-refractivity contribution in [3.05, 3.63) is 47.5 Å². The van der Waals surface area contributed by atoms with Gasteiger partial charge in [-0.05, 0) is 51.0 Å². The molecule has 0 aliphatic rings. The lowest BCUT2D eigenvalue weighted by Crippen LogP contribution is -2.06. The van der Waals surface area contributed by atoms with Crippen LogP contribution in [-0.4, -0.2) is 6.10 Å². The number of ether oxygens (including phenoxy) is 1. The molecule has 0 amide bonds. The quantitative estimate of drug-likeness (QED) is 0.809. The molecule has 0 bridgehead atoms. The van der Waals surface area contributed by atoms with Crippen molar-refractivity contribution < 1.29 is 4.74 Å². The van der Waals surface area contributed by atoms with Gasteiger partial charge < -0.3 is 15.8 Å². The van der Waals surface area contributed by atoms with Gasteiger partial charge in [0.15, 0.2) is 0 Å². The average Bonchev–Trinajstić information content (AvgIpc) is 2.33. The minimum absolute atomic E-state index is 0.130. The monoisotopic (exact) mass is 270 g/mol. The Labute approximate surface area is 120 Å². The second kappa shape index (κ2) is 5.87. The lowest BCUT2D eigenvalue weighted by molar-refractivity contribution is 0.242. The number of anilines is 3. The predicted molar refractivity (Wildman–Crippen MR) is 85.8 cm³/mol. The lowest BCUT2D eigenvalue weighted by atomic mass is 10.1. The summed E-state index contributed by atoms with van der Waals surface area (Å²) in [4.78, 5) is 0. The van der Waals surface area contributed by atoms with Crippen molar-refractivity contribution in [3.8, 4) is 5.75 Å². The first-order chi connectivity index (χ1) is 9.45. The van der Waals surface area contributed by atoms with E-state index in [1.807, 2.05) is 38.1 Å². The van der Waals surface area contributed by atoms with Gasteiger partial charge in [0.05, 0.1) is 6.10 Å². The first kappa shape index (κ1) is 14.3. The average molecular weight is 270 g/mol. The molecule has 0 spiro atoms. The molecule has 20 heavy (non-hydrogen) atoms. The molecule has 0 saturated heterocycles. The van der Waals surface area contributed by atoms with E-state index in [2.05, 4.69) is 31.3 Å². The highest BCUT2D eigenvalue weighted by Gasteiger charge is 2.05. The fourth-order valence-electron chi connectivity index (χ4n) is 2.08. The third kappa shape index (κ3) is 3.44. The third-order valence-corrected chi connectivity index (χ3v) is 3.18. The number of hydrogen-bond donors (Lipinski definition) is 2. The summed E-state index contributed by atoms with van der Waals surface area (Å²) in [6.45, 7) is 8.21. The summed E-state index contributed by atoms with van der Waals surface area (Å²) in [5.74, 6) is 0.785. The van der Waals surface area contributed by atoms with Gasteiger partial charge in [0.25, 0.3) is 0 Å². The SMILES string of the molecule is Cc1cccc(Nc2cc(N)cc(OC(C)C)c2)c1C. The topological polar surface area (TPSA) is 47.3 Å². The van der Waals surface area contributed by atoms with Crippen molar-refractivity contribution in [2.75, 3.05) is 11.1 Å². The molecular weight excluding hydrogens is 248 g/mol. The van der Waals surface area contributed by atoms with Gasteiger partial charge in [0.1, 0.15) is 5.75 Å². The Balaban J connectivity index is 2.29. The molecular formula is C17H22N2O. The van der Waals surface area contributed by atoms with Gasteiger partial charge in [-0.3, -0.25) is 0 Å². The van der Waals surface area contributed by atoms with Crippen LogP contribution in [0.5, 0.6) is 5.75 Å². The van der Waals surface area contributed by atoms with Gasteiger partial charge in [-0.1, -0.05) is 12.1 Å². The van der Waals surface area contributed by atoms with Crippen molar-refractivity contribution in [2.24, 2.45) is 0 Å². The summed E-state index contributed by atoms with van der Waals surface area (Å²) < 4.78 is 5.71. The Hall–Kier alpha value is -2.16. The second-order valence-electron chi connectivity index (χ2n) is 5.33. The molecule has 0 heterocycles. The zero-order valence-electron chi connectivity index (χ0n) is 12.5. The fourth-order valence-corrected chi connectivity index (χ4v) is 2.08. The largest absolute Gasteiger partial charge is 0.491 e. The molecule has 3 N–H and O–H groups in total. The van der Waals surface area contributed by atoms with Crippen LogP contribution in [-0.2, 0) is 0 Å². The van der Waals surface area contributed by atoms with Crippen LogP contribution in [0.4, 0.5) is 17.1 Å². The summed E-state index contributed by atoms with van der Waals surface area (Å²) in [7, 11) is 0. The smallest absolute Gasteiger partial charge is 0.123 e. The molecule has 0 unspecified atom stereocenters. The minimum Gasteiger partial charge on any atom is -0.491 e. The Bertz CT molecular complexity index is 606. The number of nitrogens with two attached hydrogens (primary N) is 1. The van der Waals surface area contributed by atoms with Gasteiger partial charge in [-0.25, -0.2) is 0 Å². The van der Waals surface area contributed by atoms with Crippen molar-refractivity contribution in [2.45, 2.75) is 33.8 Å². The van der Waals surface area contributed by atoms with Crippen LogP contribution in [0.2, 0.25) is 0 Å². The van der Waals surface area contributed by atoms with E-state index in [9.17, 15) is 0 Å². The Kier molecular flexibility index (Phi) is 4.18. The molecule has 3 heteroatoms. The van der Waals surface area contributed by atoms with E-state index in [4.69, 9.17) is 10.5 Å². The van der Waals surface area contributed by atoms with Gasteiger partial charge >= 0.3 is 0 Å². The molecule has 2 aromatic rings. The number of aryl methyl sites for hydroxylation is 1. The Morgan fingerprint density at radius 1 is 1.10 bits per heavy atom. The molecule has 0 aromatic heterocycles. The first-order valence-electron chi connectivity index (χ1n) is 6.86. The van der Waals surface area contributed by atoms with Crippen LogP contribution in [0.25, 0.3) is 0 Å². The highest BCUT2D eigenvalue weighted by atomic mass is 16.5. The van der Waals surface area contributed by atoms with E-state index in [1.165, 1.54) is 11.1 Å². The number of rotatable bonds is 4. The summed E-state index contributed by atoms with van der Waals surface area (Å²) in [5, 5.41) is 3.41. The fraction of sp³-hybridized carbons (Fsp3) is 0.294. The number of benzene rings is 2. The zero-order chi connectivity index (χ0) is 14.7. The van der Waals surface area contributed by atoms with E-state index in [-0.39, 0.29) is 6.10 Å². The standard InChI is InChI=1S/C17H22N2O/c1-11(2)20-16-9-14(18)8-15(10-16)19-17-7-5-6-12(3)13(17)4/h5-11,19H,18H2,1-4H3.